The summed E-state index contributed by atoms with van der Waals surface area (Å²) in [7, 11) is 0. The van der Waals surface area contributed by atoms with E-state index in [0.717, 1.165) is 6.07 Å². The summed E-state index contributed by atoms with van der Waals surface area (Å²) in [4.78, 5) is 14.9. The van der Waals surface area contributed by atoms with E-state index in [9.17, 15) is 13.6 Å². The van der Waals surface area contributed by atoms with Crippen LogP contribution in [0.15, 0.2) is 6.07 Å². The average molecular weight is 255 g/mol. The molecule has 0 spiro atoms. The third-order valence-electron chi connectivity index (χ3n) is 2.12. The van der Waals surface area contributed by atoms with Gasteiger partial charge < -0.3 is 10.5 Å². The third kappa shape index (κ3) is 3.13. The number of esters is 1. The summed E-state index contributed by atoms with van der Waals surface area (Å²) in [6, 6.07) is 2.74. The van der Waals surface area contributed by atoms with Crippen molar-refractivity contribution in [2.75, 3.05) is 12.3 Å². The summed E-state index contributed by atoms with van der Waals surface area (Å²) >= 11 is 0. The minimum atomic E-state index is -2.87. The lowest BCUT2D eigenvalue weighted by Gasteiger charge is -2.10. The van der Waals surface area contributed by atoms with Crippen molar-refractivity contribution >= 4 is 11.7 Å². The van der Waals surface area contributed by atoms with Crippen LogP contribution < -0.4 is 5.73 Å². The van der Waals surface area contributed by atoms with Crippen LogP contribution in [0, 0.1) is 11.3 Å². The lowest BCUT2D eigenvalue weighted by Crippen LogP contribution is -2.13. The number of aromatic nitrogens is 1. The Bertz CT molecular complexity index is 498. The van der Waals surface area contributed by atoms with E-state index in [4.69, 9.17) is 11.0 Å². The van der Waals surface area contributed by atoms with Crippen molar-refractivity contribution in [2.45, 2.75) is 19.8 Å². The van der Waals surface area contributed by atoms with Crippen LogP contribution in [0.1, 0.15) is 30.3 Å². The molecule has 0 saturated heterocycles. The summed E-state index contributed by atoms with van der Waals surface area (Å²) < 4.78 is 30.3. The zero-order valence-electron chi connectivity index (χ0n) is 9.61. The Balaban J connectivity index is 3.18. The number of nitrogens with zero attached hydrogens (tertiary/aromatic N) is 2. The van der Waals surface area contributed by atoms with Gasteiger partial charge in [-0.3, -0.25) is 4.79 Å². The van der Waals surface area contributed by atoms with Crippen LogP contribution in [-0.4, -0.2) is 17.6 Å². The van der Waals surface area contributed by atoms with E-state index in [1.54, 1.807) is 13.0 Å². The molecule has 1 aromatic heterocycles. The summed E-state index contributed by atoms with van der Waals surface area (Å²) in [6.45, 7) is 1.73. The number of alkyl halides is 2. The van der Waals surface area contributed by atoms with Gasteiger partial charge in [0.15, 0.2) is 0 Å². The van der Waals surface area contributed by atoms with Crippen LogP contribution in [-0.2, 0) is 16.0 Å². The number of carbonyl (C=O) groups is 1. The van der Waals surface area contributed by atoms with E-state index in [2.05, 4.69) is 9.72 Å². The Morgan fingerprint density at radius 3 is 2.83 bits per heavy atom. The maximum Gasteiger partial charge on any atom is 0.311 e. The Kier molecular flexibility index (Phi) is 4.54. The van der Waals surface area contributed by atoms with Crippen molar-refractivity contribution in [1.29, 1.82) is 5.26 Å². The second kappa shape index (κ2) is 5.91. The monoisotopic (exact) mass is 255 g/mol. The molecule has 0 fully saturated rings. The van der Waals surface area contributed by atoms with Gasteiger partial charge in [-0.2, -0.15) is 5.26 Å². The van der Waals surface area contributed by atoms with Crippen molar-refractivity contribution in [3.63, 3.8) is 0 Å². The standard InChI is InChI=1S/C11H11F2N3O2/c1-2-18-9(17)4-8-10(11(12)13)7(15)3-6(5-14)16-8/h3,11H,2,4H2,1H3,(H2,15,16). The number of nitrogens with two attached hydrogens (primary N) is 1. The minimum Gasteiger partial charge on any atom is -0.466 e. The Labute approximate surface area is 102 Å². The van der Waals surface area contributed by atoms with E-state index in [-0.39, 0.29) is 23.7 Å². The summed E-state index contributed by atoms with van der Waals surface area (Å²) in [6.07, 6.45) is -3.30. The molecule has 18 heavy (non-hydrogen) atoms. The molecule has 0 aliphatic carbocycles. The first kappa shape index (κ1) is 13.8. The highest BCUT2D eigenvalue weighted by Crippen LogP contribution is 2.28. The number of anilines is 1. The molecule has 0 radical (unpaired) electrons. The molecule has 0 saturated carbocycles. The fourth-order valence-corrected chi connectivity index (χ4v) is 1.42. The lowest BCUT2D eigenvalue weighted by atomic mass is 10.1. The van der Waals surface area contributed by atoms with Gasteiger partial charge in [-0.1, -0.05) is 0 Å². The molecule has 0 bridgehead atoms. The zero-order valence-corrected chi connectivity index (χ0v) is 9.61. The van der Waals surface area contributed by atoms with Gasteiger partial charge in [-0.25, -0.2) is 13.8 Å². The normalized spacial score (nSPS) is 10.2. The highest BCUT2D eigenvalue weighted by Gasteiger charge is 2.21. The molecule has 0 aliphatic rings. The molecule has 1 aromatic rings. The fraction of sp³-hybridized carbons (Fsp3) is 0.364. The number of nitrogen functional groups attached to an aromatic ring is 1. The molecular weight excluding hydrogens is 244 g/mol. The van der Waals surface area contributed by atoms with E-state index in [0.29, 0.717) is 0 Å². The summed E-state index contributed by atoms with van der Waals surface area (Å²) in [5.74, 6) is -0.693. The second-order valence-electron chi connectivity index (χ2n) is 3.35. The molecule has 0 amide bonds. The number of nitriles is 1. The van der Waals surface area contributed by atoms with E-state index >= 15 is 0 Å². The van der Waals surface area contributed by atoms with Crippen LogP contribution in [0.5, 0.6) is 0 Å². The maximum atomic E-state index is 12.8. The molecule has 2 N–H and O–H groups in total. The van der Waals surface area contributed by atoms with E-state index in [1.165, 1.54) is 0 Å². The van der Waals surface area contributed by atoms with Crippen LogP contribution >= 0.6 is 0 Å². The van der Waals surface area contributed by atoms with Crippen LogP contribution in [0.4, 0.5) is 14.5 Å². The molecule has 1 heterocycles. The highest BCUT2D eigenvalue weighted by molar-refractivity contribution is 5.73. The van der Waals surface area contributed by atoms with Gasteiger partial charge in [-0.15, -0.1) is 0 Å². The summed E-state index contributed by atoms with van der Waals surface area (Å²) in [5, 5.41) is 8.68. The van der Waals surface area contributed by atoms with Crippen molar-refractivity contribution < 1.29 is 18.3 Å². The van der Waals surface area contributed by atoms with Gasteiger partial charge in [0.25, 0.3) is 6.43 Å². The molecule has 96 valence electrons. The van der Waals surface area contributed by atoms with Gasteiger partial charge in [-0.05, 0) is 13.0 Å². The number of hydrogen-bond donors (Lipinski definition) is 1. The van der Waals surface area contributed by atoms with Crippen LogP contribution in [0.25, 0.3) is 0 Å². The van der Waals surface area contributed by atoms with E-state index < -0.39 is 24.4 Å². The number of ether oxygens (including phenoxy) is 1. The largest absolute Gasteiger partial charge is 0.466 e. The van der Waals surface area contributed by atoms with Gasteiger partial charge in [0, 0.05) is 5.69 Å². The van der Waals surface area contributed by atoms with Crippen molar-refractivity contribution in [2.24, 2.45) is 0 Å². The average Bonchev–Trinajstić information content (AvgIpc) is 2.27. The van der Waals surface area contributed by atoms with Gasteiger partial charge in [0.2, 0.25) is 0 Å². The molecule has 0 aromatic carbocycles. The number of halogens is 2. The Morgan fingerprint density at radius 1 is 1.67 bits per heavy atom. The molecule has 7 heteroatoms. The number of rotatable bonds is 4. The molecular formula is C11H11F2N3O2. The molecule has 0 atom stereocenters. The first-order valence-electron chi connectivity index (χ1n) is 5.12. The van der Waals surface area contributed by atoms with Crippen molar-refractivity contribution in [3.05, 3.63) is 23.0 Å². The quantitative estimate of drug-likeness (QED) is 0.825. The Hall–Kier alpha value is -2.23. The Morgan fingerprint density at radius 2 is 2.33 bits per heavy atom. The SMILES string of the molecule is CCOC(=O)Cc1nc(C#N)cc(N)c1C(F)F. The third-order valence-corrected chi connectivity index (χ3v) is 2.12. The van der Waals surface area contributed by atoms with E-state index in [1.807, 2.05) is 0 Å². The lowest BCUT2D eigenvalue weighted by molar-refractivity contribution is -0.142. The predicted molar refractivity (Wildman–Crippen MR) is 58.7 cm³/mol. The van der Waals surface area contributed by atoms with Gasteiger partial charge in [0.1, 0.15) is 11.8 Å². The first-order chi connectivity index (χ1) is 8.49. The van der Waals surface area contributed by atoms with Crippen LogP contribution in [0.2, 0.25) is 0 Å². The molecule has 1 rings (SSSR count). The summed E-state index contributed by atoms with van der Waals surface area (Å²) in [5.41, 5.74) is 4.31. The maximum absolute atomic E-state index is 12.8. The highest BCUT2D eigenvalue weighted by atomic mass is 19.3. The fourth-order valence-electron chi connectivity index (χ4n) is 1.42. The predicted octanol–water partition coefficient (Wildman–Crippen LogP) is 1.58. The molecule has 0 aliphatic heterocycles. The van der Waals surface area contributed by atoms with Crippen LogP contribution in [0.3, 0.4) is 0 Å². The topological polar surface area (TPSA) is 89.0 Å². The number of hydrogen-bond acceptors (Lipinski definition) is 5. The first-order valence-corrected chi connectivity index (χ1v) is 5.12. The smallest absolute Gasteiger partial charge is 0.311 e. The van der Waals surface area contributed by atoms with Crippen molar-refractivity contribution in [1.82, 2.24) is 4.98 Å². The molecule has 0 unspecified atom stereocenters. The van der Waals surface area contributed by atoms with Gasteiger partial charge >= 0.3 is 5.97 Å². The second-order valence-corrected chi connectivity index (χ2v) is 3.35. The zero-order chi connectivity index (χ0) is 13.7. The molecule has 5 nitrogen and oxygen atoms in total. The van der Waals surface area contributed by atoms with Crippen molar-refractivity contribution in [3.8, 4) is 6.07 Å². The number of carbonyl (C=O) groups excluding carboxylic acids is 1. The minimum absolute atomic E-state index is 0.115. The number of pyridine rings is 1. The van der Waals surface area contributed by atoms with Gasteiger partial charge in [0.05, 0.1) is 24.3 Å².